The normalized spacial score (nSPS) is 10.2. The van der Waals surface area contributed by atoms with Crippen molar-refractivity contribution in [3.05, 3.63) is 59.1 Å². The Labute approximate surface area is 154 Å². The maximum atomic E-state index is 5.96. The number of para-hydroxylation sites is 1. The number of hydrogen-bond donors (Lipinski definition) is 2. The molecular weight excluding hydrogens is 340 g/mol. The van der Waals surface area contributed by atoms with Crippen molar-refractivity contribution >= 4 is 34.6 Å². The van der Waals surface area contributed by atoms with Crippen LogP contribution >= 0.6 is 23.8 Å². The maximum Gasteiger partial charge on any atom is 0.170 e. The average Bonchev–Trinajstić information content (AvgIpc) is 2.58. The molecule has 0 bridgehead atoms. The van der Waals surface area contributed by atoms with E-state index in [0.717, 1.165) is 43.9 Å². The molecule has 0 saturated heterocycles. The molecule has 0 aliphatic carbocycles. The average molecular weight is 363 g/mol. The quantitative estimate of drug-likeness (QED) is 0.508. The number of aryl methyl sites for hydroxylation is 1. The summed E-state index contributed by atoms with van der Waals surface area (Å²) in [5, 5.41) is 7.64. The molecule has 0 saturated carbocycles. The fourth-order valence-electron chi connectivity index (χ4n) is 2.29. The van der Waals surface area contributed by atoms with Gasteiger partial charge in [-0.1, -0.05) is 42.8 Å². The molecule has 2 aromatic rings. The summed E-state index contributed by atoms with van der Waals surface area (Å²) in [6.07, 6.45) is 2.94. The lowest BCUT2D eigenvalue weighted by Gasteiger charge is -2.12. The second-order valence-corrected chi connectivity index (χ2v) is 6.30. The summed E-state index contributed by atoms with van der Waals surface area (Å²) < 4.78 is 5.78. The van der Waals surface area contributed by atoms with Gasteiger partial charge in [-0.2, -0.15) is 0 Å². The smallest absolute Gasteiger partial charge is 0.170 e. The van der Waals surface area contributed by atoms with Crippen molar-refractivity contribution in [1.82, 2.24) is 5.32 Å². The highest BCUT2D eigenvalue weighted by Crippen LogP contribution is 2.19. The highest BCUT2D eigenvalue weighted by molar-refractivity contribution is 7.80. The summed E-state index contributed by atoms with van der Waals surface area (Å²) in [5.74, 6) is 0.985. The van der Waals surface area contributed by atoms with Gasteiger partial charge in [0.05, 0.1) is 6.61 Å². The Hall–Kier alpha value is -1.78. The molecule has 3 nitrogen and oxygen atoms in total. The van der Waals surface area contributed by atoms with Crippen molar-refractivity contribution in [2.45, 2.75) is 26.2 Å². The van der Waals surface area contributed by atoms with E-state index in [0.29, 0.717) is 10.1 Å². The van der Waals surface area contributed by atoms with Crippen LogP contribution in [0.25, 0.3) is 0 Å². The third-order valence-electron chi connectivity index (χ3n) is 3.43. The van der Waals surface area contributed by atoms with Gasteiger partial charge in [0.25, 0.3) is 0 Å². The van der Waals surface area contributed by atoms with Gasteiger partial charge >= 0.3 is 0 Å². The van der Waals surface area contributed by atoms with Crippen molar-refractivity contribution in [1.29, 1.82) is 0 Å². The molecule has 0 amide bonds. The lowest BCUT2D eigenvalue weighted by molar-refractivity contribution is 0.314. The molecule has 0 unspecified atom stereocenters. The van der Waals surface area contributed by atoms with Gasteiger partial charge in [0.2, 0.25) is 0 Å². The highest BCUT2D eigenvalue weighted by Gasteiger charge is 2.03. The summed E-state index contributed by atoms with van der Waals surface area (Å²) in [5.41, 5.74) is 2.12. The van der Waals surface area contributed by atoms with Gasteiger partial charge in [-0.05, 0) is 61.3 Å². The number of thiocarbonyl (C=S) groups is 1. The van der Waals surface area contributed by atoms with Crippen molar-refractivity contribution in [3.8, 4) is 5.75 Å². The fourth-order valence-corrected chi connectivity index (χ4v) is 2.70. The van der Waals surface area contributed by atoms with Gasteiger partial charge in [0.15, 0.2) is 5.11 Å². The minimum absolute atomic E-state index is 0.604. The maximum absolute atomic E-state index is 5.96. The van der Waals surface area contributed by atoms with Gasteiger partial charge < -0.3 is 15.4 Å². The molecule has 0 atom stereocenters. The van der Waals surface area contributed by atoms with Crippen LogP contribution in [-0.2, 0) is 6.42 Å². The van der Waals surface area contributed by atoms with E-state index >= 15 is 0 Å². The van der Waals surface area contributed by atoms with Gasteiger partial charge in [-0.15, -0.1) is 0 Å². The summed E-state index contributed by atoms with van der Waals surface area (Å²) >= 11 is 11.3. The molecule has 24 heavy (non-hydrogen) atoms. The van der Waals surface area contributed by atoms with E-state index < -0.39 is 0 Å². The van der Waals surface area contributed by atoms with E-state index in [2.05, 4.69) is 23.6 Å². The zero-order valence-corrected chi connectivity index (χ0v) is 15.4. The predicted molar refractivity (Wildman–Crippen MR) is 106 cm³/mol. The summed E-state index contributed by atoms with van der Waals surface area (Å²) in [4.78, 5) is 0. The lowest BCUT2D eigenvalue weighted by Crippen LogP contribution is -2.29. The van der Waals surface area contributed by atoms with Gasteiger partial charge in [0.1, 0.15) is 5.75 Å². The van der Waals surface area contributed by atoms with Gasteiger partial charge in [0, 0.05) is 17.3 Å². The van der Waals surface area contributed by atoms with Crippen LogP contribution < -0.4 is 15.4 Å². The van der Waals surface area contributed by atoms with Crippen LogP contribution in [0.2, 0.25) is 5.02 Å². The molecule has 0 radical (unpaired) electrons. The molecule has 0 spiro atoms. The summed E-state index contributed by atoms with van der Waals surface area (Å²) in [7, 11) is 0. The molecule has 0 aliphatic heterocycles. The van der Waals surface area contributed by atoms with E-state index in [1.807, 2.05) is 42.5 Å². The molecule has 5 heteroatoms. The van der Waals surface area contributed by atoms with Crippen molar-refractivity contribution in [2.24, 2.45) is 0 Å². The number of benzene rings is 2. The van der Waals surface area contributed by atoms with E-state index in [9.17, 15) is 0 Å². The Morgan fingerprint density at radius 2 is 2.00 bits per heavy atom. The number of rotatable bonds is 8. The van der Waals surface area contributed by atoms with Crippen LogP contribution in [0.1, 0.15) is 25.3 Å². The standard InChI is InChI=1S/C19H23ClN2OS/c1-2-13-23-18-11-4-3-7-15(18)8-6-12-21-19(24)22-17-10-5-9-16(20)14-17/h3-5,7,9-11,14H,2,6,8,12-13H2,1H3,(H2,21,22,24). The second kappa shape index (κ2) is 10.2. The van der Waals surface area contributed by atoms with E-state index in [-0.39, 0.29) is 0 Å². The van der Waals surface area contributed by atoms with Crippen molar-refractivity contribution in [2.75, 3.05) is 18.5 Å². The Balaban J connectivity index is 1.74. The first kappa shape index (κ1) is 18.6. The predicted octanol–water partition coefficient (Wildman–Crippen LogP) is 5.05. The summed E-state index contributed by atoms with van der Waals surface area (Å²) in [6, 6.07) is 15.7. The van der Waals surface area contributed by atoms with Gasteiger partial charge in [-0.3, -0.25) is 0 Å². The molecule has 2 aromatic carbocycles. The molecule has 2 N–H and O–H groups in total. The first-order valence-electron chi connectivity index (χ1n) is 8.20. The minimum Gasteiger partial charge on any atom is -0.493 e. The monoisotopic (exact) mass is 362 g/mol. The molecule has 2 rings (SSSR count). The number of nitrogens with one attached hydrogen (secondary N) is 2. The Morgan fingerprint density at radius 1 is 1.17 bits per heavy atom. The minimum atomic E-state index is 0.604. The van der Waals surface area contributed by atoms with Crippen LogP contribution in [0, 0.1) is 0 Å². The Bertz CT molecular complexity index is 663. The summed E-state index contributed by atoms with van der Waals surface area (Å²) in [6.45, 7) is 3.66. The number of ether oxygens (including phenoxy) is 1. The van der Waals surface area contributed by atoms with Crippen LogP contribution in [0.4, 0.5) is 5.69 Å². The van der Waals surface area contributed by atoms with Crippen LogP contribution in [0.5, 0.6) is 5.75 Å². The second-order valence-electron chi connectivity index (χ2n) is 5.45. The zero-order chi connectivity index (χ0) is 17.2. The molecular formula is C19H23ClN2OS. The Morgan fingerprint density at radius 3 is 2.79 bits per heavy atom. The number of hydrogen-bond acceptors (Lipinski definition) is 2. The topological polar surface area (TPSA) is 33.3 Å². The van der Waals surface area contributed by atoms with Crippen LogP contribution in [0.3, 0.4) is 0 Å². The Kier molecular flexibility index (Phi) is 7.86. The molecule has 0 heterocycles. The van der Waals surface area contributed by atoms with Crippen LogP contribution in [0.15, 0.2) is 48.5 Å². The molecule has 128 valence electrons. The highest BCUT2D eigenvalue weighted by atomic mass is 35.5. The number of anilines is 1. The fraction of sp³-hybridized carbons (Fsp3) is 0.316. The zero-order valence-electron chi connectivity index (χ0n) is 13.8. The van der Waals surface area contributed by atoms with Crippen molar-refractivity contribution in [3.63, 3.8) is 0 Å². The SMILES string of the molecule is CCCOc1ccccc1CCCNC(=S)Nc1cccc(Cl)c1. The molecule has 0 fully saturated rings. The first-order chi connectivity index (χ1) is 11.7. The molecule has 0 aromatic heterocycles. The number of halogens is 1. The van der Waals surface area contributed by atoms with E-state index in [4.69, 9.17) is 28.6 Å². The van der Waals surface area contributed by atoms with Gasteiger partial charge in [-0.25, -0.2) is 0 Å². The third-order valence-corrected chi connectivity index (χ3v) is 3.91. The first-order valence-corrected chi connectivity index (χ1v) is 8.99. The van der Waals surface area contributed by atoms with E-state index in [1.54, 1.807) is 0 Å². The van der Waals surface area contributed by atoms with E-state index in [1.165, 1.54) is 5.56 Å². The third kappa shape index (κ3) is 6.38. The molecule has 0 aliphatic rings. The van der Waals surface area contributed by atoms with Crippen molar-refractivity contribution < 1.29 is 4.74 Å². The largest absolute Gasteiger partial charge is 0.493 e. The van der Waals surface area contributed by atoms with Crippen LogP contribution in [-0.4, -0.2) is 18.3 Å². The lowest BCUT2D eigenvalue weighted by atomic mass is 10.1.